The molecule has 5 heteroatoms. The van der Waals surface area contributed by atoms with Crippen molar-refractivity contribution in [2.75, 3.05) is 0 Å². The highest BCUT2D eigenvalue weighted by Gasteiger charge is 2.11. The van der Waals surface area contributed by atoms with Gasteiger partial charge in [0.1, 0.15) is 5.56 Å². The molecule has 0 saturated heterocycles. The maximum Gasteiger partial charge on any atom is 0.339 e. The third-order valence-electron chi connectivity index (χ3n) is 2.43. The predicted octanol–water partition coefficient (Wildman–Crippen LogP) is 2.59. The smallest absolute Gasteiger partial charge is 0.339 e. The predicted molar refractivity (Wildman–Crippen MR) is 64.5 cm³/mol. The Balaban J connectivity index is 2.22. The van der Waals surface area contributed by atoms with Crippen LogP contribution in [0.3, 0.4) is 0 Å². The zero-order valence-corrected chi connectivity index (χ0v) is 9.98. The number of rotatable bonds is 3. The van der Waals surface area contributed by atoms with Gasteiger partial charge >= 0.3 is 5.97 Å². The van der Waals surface area contributed by atoms with E-state index in [1.54, 1.807) is 23.7 Å². The van der Waals surface area contributed by atoms with Crippen molar-refractivity contribution in [2.24, 2.45) is 0 Å². The Morgan fingerprint density at radius 3 is 2.59 bits per heavy atom. The minimum atomic E-state index is -0.954. The summed E-state index contributed by atoms with van der Waals surface area (Å²) in [5.74, 6) is -0.954. The molecule has 17 heavy (non-hydrogen) atoms. The van der Waals surface area contributed by atoms with Crippen LogP contribution in [-0.2, 0) is 6.54 Å². The second-order valence-corrected chi connectivity index (χ2v) is 4.19. The minimum Gasteiger partial charge on any atom is -0.478 e. The molecule has 0 aliphatic rings. The average molecular weight is 251 g/mol. The number of aryl methyl sites for hydroxylation is 1. The van der Waals surface area contributed by atoms with Gasteiger partial charge < -0.3 is 5.11 Å². The van der Waals surface area contributed by atoms with Crippen molar-refractivity contribution in [2.45, 2.75) is 13.5 Å². The molecule has 0 aliphatic carbocycles. The number of benzene rings is 1. The lowest BCUT2D eigenvalue weighted by Gasteiger charge is -2.01. The highest BCUT2D eigenvalue weighted by atomic mass is 35.5. The van der Waals surface area contributed by atoms with Gasteiger partial charge in [-0.25, -0.2) is 4.79 Å². The standard InChI is InChI=1S/C12H11ClN2O2/c1-8-11(12(16)17)7-15(14-8)6-9-2-4-10(13)5-3-9/h2-5,7H,6H2,1H3,(H,16,17). The number of nitrogens with zero attached hydrogens (tertiary/aromatic N) is 2. The molecular formula is C12H11ClN2O2. The Morgan fingerprint density at radius 1 is 1.41 bits per heavy atom. The average Bonchev–Trinajstić information content (AvgIpc) is 2.63. The first kappa shape index (κ1) is 11.7. The number of aromatic nitrogens is 2. The van der Waals surface area contributed by atoms with Crippen LogP contribution in [0.4, 0.5) is 0 Å². The molecular weight excluding hydrogens is 240 g/mol. The molecule has 0 atom stereocenters. The maximum atomic E-state index is 10.9. The van der Waals surface area contributed by atoms with Gasteiger partial charge in [-0.15, -0.1) is 0 Å². The third kappa shape index (κ3) is 2.65. The van der Waals surface area contributed by atoms with E-state index >= 15 is 0 Å². The molecule has 1 aromatic heterocycles. The number of carboxylic acid groups (broad SMARTS) is 1. The van der Waals surface area contributed by atoms with E-state index in [2.05, 4.69) is 5.10 Å². The normalized spacial score (nSPS) is 10.5. The van der Waals surface area contributed by atoms with Crippen LogP contribution in [0.25, 0.3) is 0 Å². The van der Waals surface area contributed by atoms with Crippen molar-refractivity contribution < 1.29 is 9.90 Å². The molecule has 0 fully saturated rings. The zero-order chi connectivity index (χ0) is 12.4. The largest absolute Gasteiger partial charge is 0.478 e. The van der Waals surface area contributed by atoms with Crippen LogP contribution in [-0.4, -0.2) is 20.9 Å². The summed E-state index contributed by atoms with van der Waals surface area (Å²) in [5, 5.41) is 13.7. The number of hydrogen-bond acceptors (Lipinski definition) is 2. The Bertz CT molecular complexity index is 546. The van der Waals surface area contributed by atoms with Crippen LogP contribution in [0.1, 0.15) is 21.6 Å². The number of halogens is 1. The minimum absolute atomic E-state index is 0.235. The fraction of sp³-hybridized carbons (Fsp3) is 0.167. The van der Waals surface area contributed by atoms with Gasteiger partial charge in [0.25, 0.3) is 0 Å². The molecule has 0 aliphatic heterocycles. The lowest BCUT2D eigenvalue weighted by Crippen LogP contribution is -2.00. The number of carboxylic acids is 1. The number of aromatic carboxylic acids is 1. The first-order valence-corrected chi connectivity index (χ1v) is 5.46. The van der Waals surface area contributed by atoms with E-state index in [0.29, 0.717) is 17.3 Å². The second-order valence-electron chi connectivity index (χ2n) is 3.76. The molecule has 1 aromatic carbocycles. The molecule has 88 valence electrons. The highest BCUT2D eigenvalue weighted by molar-refractivity contribution is 6.30. The first-order chi connectivity index (χ1) is 8.06. The molecule has 0 spiro atoms. The summed E-state index contributed by atoms with van der Waals surface area (Å²) in [5.41, 5.74) is 1.78. The zero-order valence-electron chi connectivity index (χ0n) is 9.22. The molecule has 2 rings (SSSR count). The van der Waals surface area contributed by atoms with Gasteiger partial charge in [-0.2, -0.15) is 5.10 Å². The lowest BCUT2D eigenvalue weighted by atomic mass is 10.2. The van der Waals surface area contributed by atoms with Gasteiger partial charge in [0.05, 0.1) is 12.2 Å². The molecule has 0 bridgehead atoms. The SMILES string of the molecule is Cc1nn(Cc2ccc(Cl)cc2)cc1C(=O)O. The topological polar surface area (TPSA) is 55.1 Å². The monoisotopic (exact) mass is 250 g/mol. The van der Waals surface area contributed by atoms with E-state index in [-0.39, 0.29) is 5.56 Å². The van der Waals surface area contributed by atoms with Crippen molar-refractivity contribution in [3.05, 3.63) is 52.3 Å². The number of carbonyl (C=O) groups is 1. The van der Waals surface area contributed by atoms with Crippen LogP contribution >= 0.6 is 11.6 Å². The third-order valence-corrected chi connectivity index (χ3v) is 2.69. The van der Waals surface area contributed by atoms with Crippen LogP contribution in [0, 0.1) is 6.92 Å². The fourth-order valence-electron chi connectivity index (χ4n) is 1.59. The Kier molecular flexibility index (Phi) is 3.15. The van der Waals surface area contributed by atoms with Crippen molar-refractivity contribution in [3.63, 3.8) is 0 Å². The van der Waals surface area contributed by atoms with E-state index in [1.165, 1.54) is 6.20 Å². The molecule has 0 unspecified atom stereocenters. The van der Waals surface area contributed by atoms with Gasteiger partial charge in [0.2, 0.25) is 0 Å². The molecule has 0 radical (unpaired) electrons. The van der Waals surface area contributed by atoms with Crippen LogP contribution < -0.4 is 0 Å². The summed E-state index contributed by atoms with van der Waals surface area (Å²) >= 11 is 5.79. The van der Waals surface area contributed by atoms with Crippen molar-refractivity contribution >= 4 is 17.6 Å². The van der Waals surface area contributed by atoms with Crippen LogP contribution in [0.2, 0.25) is 5.02 Å². The lowest BCUT2D eigenvalue weighted by molar-refractivity contribution is 0.0696. The van der Waals surface area contributed by atoms with E-state index in [0.717, 1.165) is 5.56 Å². The Hall–Kier alpha value is -1.81. The van der Waals surface area contributed by atoms with Gasteiger partial charge in [0.15, 0.2) is 0 Å². The van der Waals surface area contributed by atoms with E-state index < -0.39 is 5.97 Å². The van der Waals surface area contributed by atoms with Crippen LogP contribution in [0.15, 0.2) is 30.5 Å². The summed E-state index contributed by atoms with van der Waals surface area (Å²) in [7, 11) is 0. The van der Waals surface area contributed by atoms with Gasteiger partial charge in [0, 0.05) is 11.2 Å². The molecule has 1 heterocycles. The van der Waals surface area contributed by atoms with Crippen molar-refractivity contribution in [3.8, 4) is 0 Å². The molecule has 0 saturated carbocycles. The second kappa shape index (κ2) is 4.59. The van der Waals surface area contributed by atoms with Gasteiger partial charge in [-0.3, -0.25) is 4.68 Å². The summed E-state index contributed by atoms with van der Waals surface area (Å²) in [6, 6.07) is 7.37. The summed E-state index contributed by atoms with van der Waals surface area (Å²) in [6.45, 7) is 2.22. The number of hydrogen-bond donors (Lipinski definition) is 1. The van der Waals surface area contributed by atoms with E-state index in [1.807, 2.05) is 12.1 Å². The fourth-order valence-corrected chi connectivity index (χ4v) is 1.71. The molecule has 4 nitrogen and oxygen atoms in total. The Morgan fingerprint density at radius 2 is 2.06 bits per heavy atom. The summed E-state index contributed by atoms with van der Waals surface area (Å²) in [6.07, 6.45) is 1.53. The first-order valence-electron chi connectivity index (χ1n) is 5.08. The van der Waals surface area contributed by atoms with E-state index in [9.17, 15) is 4.79 Å². The van der Waals surface area contributed by atoms with E-state index in [4.69, 9.17) is 16.7 Å². The molecule has 0 amide bonds. The van der Waals surface area contributed by atoms with Gasteiger partial charge in [-0.05, 0) is 24.6 Å². The van der Waals surface area contributed by atoms with Crippen molar-refractivity contribution in [1.29, 1.82) is 0 Å². The summed E-state index contributed by atoms with van der Waals surface area (Å²) < 4.78 is 1.61. The molecule has 2 aromatic rings. The van der Waals surface area contributed by atoms with Crippen LogP contribution in [0.5, 0.6) is 0 Å². The molecule has 1 N–H and O–H groups in total. The highest BCUT2D eigenvalue weighted by Crippen LogP contribution is 2.12. The Labute approximate surface area is 103 Å². The van der Waals surface area contributed by atoms with Crippen molar-refractivity contribution in [1.82, 2.24) is 9.78 Å². The maximum absolute atomic E-state index is 10.9. The quantitative estimate of drug-likeness (QED) is 0.911. The summed E-state index contributed by atoms with van der Waals surface area (Å²) in [4.78, 5) is 10.9. The van der Waals surface area contributed by atoms with Gasteiger partial charge in [-0.1, -0.05) is 23.7 Å².